The van der Waals surface area contributed by atoms with Gasteiger partial charge in [0.1, 0.15) is 5.82 Å². The monoisotopic (exact) mass is 274 g/mol. The van der Waals surface area contributed by atoms with Crippen LogP contribution < -0.4 is 11.1 Å². The van der Waals surface area contributed by atoms with Crippen LogP contribution in [0.1, 0.15) is 29.6 Å². The molecule has 1 aromatic heterocycles. The number of anilines is 1. The number of carbonyl (C=O) groups is 2. The van der Waals surface area contributed by atoms with Crippen molar-refractivity contribution < 1.29 is 9.59 Å². The van der Waals surface area contributed by atoms with Gasteiger partial charge in [-0.15, -0.1) is 0 Å². The van der Waals surface area contributed by atoms with Gasteiger partial charge in [-0.05, 0) is 25.0 Å². The van der Waals surface area contributed by atoms with Crippen LogP contribution in [0.2, 0.25) is 0 Å². The highest BCUT2D eigenvalue weighted by atomic mass is 16.2. The zero-order valence-corrected chi connectivity index (χ0v) is 11.2. The van der Waals surface area contributed by atoms with Gasteiger partial charge in [-0.3, -0.25) is 9.59 Å². The van der Waals surface area contributed by atoms with Crippen LogP contribution in [0.5, 0.6) is 0 Å². The van der Waals surface area contributed by atoms with E-state index in [-0.39, 0.29) is 5.91 Å². The van der Waals surface area contributed by atoms with Crippen molar-refractivity contribution in [3.8, 4) is 0 Å². The van der Waals surface area contributed by atoms with Gasteiger partial charge in [0.25, 0.3) is 0 Å². The van der Waals surface area contributed by atoms with Gasteiger partial charge in [-0.2, -0.15) is 0 Å². The number of carbonyl (C=O) groups excluding carboxylic acids is 2. The highest BCUT2D eigenvalue weighted by Gasteiger charge is 2.38. The van der Waals surface area contributed by atoms with Gasteiger partial charge in [-0.25, -0.2) is 4.98 Å². The zero-order chi connectivity index (χ0) is 14.1. The Bertz CT molecular complexity index is 524. The number of rotatable bonds is 5. The van der Waals surface area contributed by atoms with Crippen molar-refractivity contribution in [2.24, 2.45) is 11.7 Å². The first-order valence-corrected chi connectivity index (χ1v) is 6.92. The molecular formula is C14H18N4O2. The van der Waals surface area contributed by atoms with Crippen LogP contribution in [0.15, 0.2) is 18.3 Å². The SMILES string of the molecule is NC(=O)c1ccc(NCC2CC(=O)N(C3CC3)C2)nc1. The summed E-state index contributed by atoms with van der Waals surface area (Å²) in [7, 11) is 0. The van der Waals surface area contributed by atoms with E-state index in [2.05, 4.69) is 10.3 Å². The first-order chi connectivity index (χ1) is 9.63. The van der Waals surface area contributed by atoms with Crippen LogP contribution in [-0.4, -0.2) is 40.8 Å². The average Bonchev–Trinajstić information content (AvgIpc) is 3.21. The largest absolute Gasteiger partial charge is 0.370 e. The lowest BCUT2D eigenvalue weighted by Gasteiger charge is -2.15. The van der Waals surface area contributed by atoms with Crippen LogP contribution in [0.3, 0.4) is 0 Å². The molecule has 1 saturated heterocycles. The number of pyridine rings is 1. The quantitative estimate of drug-likeness (QED) is 0.823. The Morgan fingerprint density at radius 3 is 2.85 bits per heavy atom. The number of likely N-dealkylation sites (tertiary alicyclic amines) is 1. The van der Waals surface area contributed by atoms with Gasteiger partial charge in [0.05, 0.1) is 5.56 Å². The summed E-state index contributed by atoms with van der Waals surface area (Å²) in [5, 5.41) is 3.21. The Morgan fingerprint density at radius 2 is 2.25 bits per heavy atom. The van der Waals surface area contributed by atoms with E-state index in [0.29, 0.717) is 29.8 Å². The van der Waals surface area contributed by atoms with Gasteiger partial charge in [-0.1, -0.05) is 0 Å². The average molecular weight is 274 g/mol. The third-order valence-corrected chi connectivity index (χ3v) is 3.85. The molecule has 1 aromatic rings. The molecule has 1 atom stereocenters. The van der Waals surface area contributed by atoms with Crippen molar-refractivity contribution in [3.63, 3.8) is 0 Å². The molecule has 1 aliphatic carbocycles. The Kier molecular flexibility index (Phi) is 3.30. The topological polar surface area (TPSA) is 88.3 Å². The lowest BCUT2D eigenvalue weighted by molar-refractivity contribution is -0.128. The Morgan fingerprint density at radius 1 is 1.45 bits per heavy atom. The molecule has 1 aliphatic heterocycles. The fourth-order valence-corrected chi connectivity index (χ4v) is 2.58. The highest BCUT2D eigenvalue weighted by Crippen LogP contribution is 2.32. The maximum Gasteiger partial charge on any atom is 0.250 e. The molecule has 0 aromatic carbocycles. The van der Waals surface area contributed by atoms with Gasteiger partial charge in [0.15, 0.2) is 0 Å². The van der Waals surface area contributed by atoms with E-state index in [1.54, 1.807) is 12.1 Å². The lowest BCUT2D eigenvalue weighted by Crippen LogP contribution is -2.28. The number of nitrogens with zero attached hydrogens (tertiary/aromatic N) is 2. The van der Waals surface area contributed by atoms with Crippen molar-refractivity contribution in [2.75, 3.05) is 18.4 Å². The number of nitrogens with one attached hydrogen (secondary N) is 1. The standard InChI is InChI=1S/C14H18N4O2/c15-14(20)10-1-4-12(17-7-10)16-6-9-5-13(19)18(8-9)11-2-3-11/h1,4,7,9,11H,2-3,5-6,8H2,(H2,15,20)(H,16,17). The van der Waals surface area contributed by atoms with Crippen LogP contribution in [0.4, 0.5) is 5.82 Å². The van der Waals surface area contributed by atoms with Gasteiger partial charge in [0.2, 0.25) is 11.8 Å². The van der Waals surface area contributed by atoms with Crippen LogP contribution in [0.25, 0.3) is 0 Å². The normalized spacial score (nSPS) is 22.1. The second-order valence-electron chi connectivity index (χ2n) is 5.52. The fraction of sp³-hybridized carbons (Fsp3) is 0.500. The number of nitrogens with two attached hydrogens (primary N) is 1. The van der Waals surface area contributed by atoms with Crippen molar-refractivity contribution >= 4 is 17.6 Å². The third-order valence-electron chi connectivity index (χ3n) is 3.85. The molecule has 6 heteroatoms. The first-order valence-electron chi connectivity index (χ1n) is 6.92. The maximum absolute atomic E-state index is 11.8. The van der Waals surface area contributed by atoms with E-state index in [4.69, 9.17) is 5.73 Å². The first kappa shape index (κ1) is 12.9. The second kappa shape index (κ2) is 5.11. The summed E-state index contributed by atoms with van der Waals surface area (Å²) in [5.41, 5.74) is 5.55. The molecule has 0 radical (unpaired) electrons. The van der Waals surface area contributed by atoms with E-state index in [1.807, 2.05) is 4.90 Å². The van der Waals surface area contributed by atoms with Gasteiger partial charge in [0, 0.05) is 37.7 Å². The summed E-state index contributed by atoms with van der Waals surface area (Å²) >= 11 is 0. The molecular weight excluding hydrogens is 256 g/mol. The van der Waals surface area contributed by atoms with E-state index < -0.39 is 5.91 Å². The number of hydrogen-bond donors (Lipinski definition) is 2. The summed E-state index contributed by atoms with van der Waals surface area (Å²) in [6, 6.07) is 3.88. The molecule has 0 bridgehead atoms. The van der Waals surface area contributed by atoms with Crippen LogP contribution in [0, 0.1) is 5.92 Å². The van der Waals surface area contributed by atoms with Crippen molar-refractivity contribution in [2.45, 2.75) is 25.3 Å². The molecule has 1 saturated carbocycles. The molecule has 2 amide bonds. The molecule has 0 spiro atoms. The van der Waals surface area contributed by atoms with E-state index >= 15 is 0 Å². The minimum Gasteiger partial charge on any atom is -0.370 e. The number of hydrogen-bond acceptors (Lipinski definition) is 4. The molecule has 106 valence electrons. The lowest BCUT2D eigenvalue weighted by atomic mass is 10.1. The smallest absolute Gasteiger partial charge is 0.250 e. The van der Waals surface area contributed by atoms with Crippen molar-refractivity contribution in [1.82, 2.24) is 9.88 Å². The number of amides is 2. The summed E-state index contributed by atoms with van der Waals surface area (Å²) in [5.74, 6) is 0.829. The Balaban J connectivity index is 1.52. The predicted molar refractivity (Wildman–Crippen MR) is 74.1 cm³/mol. The Labute approximate surface area is 117 Å². The minimum atomic E-state index is -0.481. The highest BCUT2D eigenvalue weighted by molar-refractivity contribution is 5.92. The number of primary amides is 1. The van der Waals surface area contributed by atoms with Gasteiger partial charge < -0.3 is 16.0 Å². The fourth-order valence-electron chi connectivity index (χ4n) is 2.58. The molecule has 3 N–H and O–H groups in total. The zero-order valence-electron chi connectivity index (χ0n) is 11.2. The van der Waals surface area contributed by atoms with Crippen LogP contribution >= 0.6 is 0 Å². The third kappa shape index (κ3) is 2.74. The summed E-state index contributed by atoms with van der Waals surface area (Å²) in [6.45, 7) is 1.56. The van der Waals surface area contributed by atoms with Crippen LogP contribution in [-0.2, 0) is 4.79 Å². The molecule has 1 unspecified atom stereocenters. The minimum absolute atomic E-state index is 0.274. The van der Waals surface area contributed by atoms with E-state index in [0.717, 1.165) is 25.9 Å². The maximum atomic E-state index is 11.8. The molecule has 2 heterocycles. The molecule has 2 aliphatic rings. The van der Waals surface area contributed by atoms with E-state index in [1.165, 1.54) is 6.20 Å². The molecule has 3 rings (SSSR count). The van der Waals surface area contributed by atoms with E-state index in [9.17, 15) is 9.59 Å². The summed E-state index contributed by atoms with van der Waals surface area (Å²) < 4.78 is 0. The predicted octanol–water partition coefficient (Wildman–Crippen LogP) is 0.603. The van der Waals surface area contributed by atoms with Crippen molar-refractivity contribution in [3.05, 3.63) is 23.9 Å². The molecule has 6 nitrogen and oxygen atoms in total. The van der Waals surface area contributed by atoms with Gasteiger partial charge >= 0.3 is 0 Å². The molecule has 2 fully saturated rings. The number of aromatic nitrogens is 1. The summed E-state index contributed by atoms with van der Waals surface area (Å²) in [4.78, 5) is 28.9. The second-order valence-corrected chi connectivity index (χ2v) is 5.52. The Hall–Kier alpha value is -2.11. The van der Waals surface area contributed by atoms with Crippen molar-refractivity contribution in [1.29, 1.82) is 0 Å². The summed E-state index contributed by atoms with van der Waals surface area (Å²) in [6.07, 6.45) is 4.38. The molecule has 20 heavy (non-hydrogen) atoms.